The summed E-state index contributed by atoms with van der Waals surface area (Å²) in [7, 11) is -3.31. The Hall–Kier alpha value is -2.09. The van der Waals surface area contributed by atoms with Crippen molar-refractivity contribution in [2.24, 2.45) is 0 Å². The molecule has 0 bridgehead atoms. The number of rotatable bonds is 24. The van der Waals surface area contributed by atoms with Crippen molar-refractivity contribution in [3.05, 3.63) is 53.6 Å². The zero-order valence-corrected chi connectivity index (χ0v) is 34.2. The molecule has 16 heteroatoms. The van der Waals surface area contributed by atoms with Crippen LogP contribution in [0.1, 0.15) is 68.9 Å². The Morgan fingerprint density at radius 1 is 0.760 bits per heavy atom. The van der Waals surface area contributed by atoms with Gasteiger partial charge in [0.1, 0.15) is 11.5 Å². The molecule has 0 saturated carbocycles. The van der Waals surface area contributed by atoms with Crippen LogP contribution in [-0.2, 0) is 45.9 Å². The van der Waals surface area contributed by atoms with E-state index in [1.807, 2.05) is 50.0 Å². The van der Waals surface area contributed by atoms with Gasteiger partial charge in [0.25, 0.3) is 5.08 Å². The summed E-state index contributed by atoms with van der Waals surface area (Å²) >= 11 is 0. The maximum Gasteiger partial charge on any atom is 0.373 e. The maximum absolute atomic E-state index is 14.1. The zero-order chi connectivity index (χ0) is 37.6. The van der Waals surface area contributed by atoms with E-state index < -0.39 is 28.6 Å². The Kier molecular flexibility index (Phi) is 17.8. The van der Waals surface area contributed by atoms with E-state index in [1.54, 1.807) is 7.11 Å². The van der Waals surface area contributed by atoms with Crippen LogP contribution in [0.15, 0.2) is 42.5 Å². The highest BCUT2D eigenvalue weighted by molar-refractivity contribution is 7.74. The minimum Gasteiger partial charge on any atom is -0.468 e. The summed E-state index contributed by atoms with van der Waals surface area (Å²) in [6, 6.07) is 13.8. The smallest absolute Gasteiger partial charge is 0.373 e. The summed E-state index contributed by atoms with van der Waals surface area (Å²) in [6.45, 7) is 9.98. The third-order valence-corrected chi connectivity index (χ3v) is 15.3. The topological polar surface area (TPSA) is 146 Å². The van der Waals surface area contributed by atoms with Gasteiger partial charge in [-0.25, -0.2) is 0 Å². The molecular weight excluding hydrogens is 704 g/mol. The summed E-state index contributed by atoms with van der Waals surface area (Å²) in [6.07, 6.45) is 1.58. The number of carbonyl (C=O) groups excluding carboxylic acids is 1. The van der Waals surface area contributed by atoms with Crippen molar-refractivity contribution in [3.63, 3.8) is 0 Å². The van der Waals surface area contributed by atoms with E-state index >= 15 is 0 Å². The molecule has 2 atom stereocenters. The van der Waals surface area contributed by atoms with Gasteiger partial charge in [-0.05, 0) is 92.6 Å². The van der Waals surface area contributed by atoms with E-state index in [1.165, 1.54) is 41.1 Å². The standard InChI is InChI=1S/C34H57NO12P2Si/c1-12-29(26-16-19-28(20-17-26)45-24-39-3)30(13-2)27-18-21-32(46-25-40-4)31(23-27)35-33(36)15-14-22-34(47-50(9,10)11,48(37,41-5)42-6)49(38,43-7)44-8/h16-21,23,29-30H,12-15,22,24-25H2,1-11H3,(H,35,36). The number of methoxy groups -OCH3 is 2. The van der Waals surface area contributed by atoms with Gasteiger partial charge in [0.05, 0.1) is 5.69 Å². The highest BCUT2D eigenvalue weighted by atomic mass is 31.2. The van der Waals surface area contributed by atoms with Crippen LogP contribution < -0.4 is 14.8 Å². The second-order valence-electron chi connectivity index (χ2n) is 12.5. The Morgan fingerprint density at radius 2 is 1.26 bits per heavy atom. The molecule has 0 saturated heterocycles. The molecule has 1 N–H and O–H groups in total. The normalized spacial score (nSPS) is 13.9. The largest absolute Gasteiger partial charge is 0.468 e. The van der Waals surface area contributed by atoms with E-state index in [0.29, 0.717) is 11.4 Å². The number of carbonyl (C=O) groups is 1. The molecule has 0 aliphatic carbocycles. The third kappa shape index (κ3) is 11.0. The molecule has 2 aromatic carbocycles. The van der Waals surface area contributed by atoms with Gasteiger partial charge in [0.2, 0.25) is 5.91 Å². The molecule has 50 heavy (non-hydrogen) atoms. The Labute approximate surface area is 299 Å². The van der Waals surface area contributed by atoms with Crippen LogP contribution in [0.5, 0.6) is 11.5 Å². The van der Waals surface area contributed by atoms with Crippen LogP contribution >= 0.6 is 15.2 Å². The lowest BCUT2D eigenvalue weighted by Crippen LogP contribution is -2.44. The SMILES string of the molecule is CCC(c1ccc(OCOC)cc1)C(CC)c1ccc(OCOC)c(NC(=O)CCCC(O[Si](C)(C)C)(P(=O)(OC)OC)P(=O)(OC)OC)c1. The fraction of sp³-hybridized carbons (Fsp3) is 0.618. The molecule has 284 valence electrons. The van der Waals surface area contributed by atoms with Crippen molar-refractivity contribution >= 4 is 35.1 Å². The van der Waals surface area contributed by atoms with Crippen LogP contribution in [0.2, 0.25) is 19.6 Å². The predicted octanol–water partition coefficient (Wildman–Crippen LogP) is 8.93. The maximum atomic E-state index is 14.1. The van der Waals surface area contributed by atoms with Crippen molar-refractivity contribution in [3.8, 4) is 11.5 Å². The highest BCUT2D eigenvalue weighted by Crippen LogP contribution is 2.79. The van der Waals surface area contributed by atoms with Crippen molar-refractivity contribution in [1.82, 2.24) is 0 Å². The Bertz CT molecular complexity index is 1390. The lowest BCUT2D eigenvalue weighted by molar-refractivity contribution is -0.116. The van der Waals surface area contributed by atoms with Gasteiger partial charge in [0.15, 0.2) is 21.9 Å². The second kappa shape index (κ2) is 20.2. The van der Waals surface area contributed by atoms with Crippen molar-refractivity contribution < 1.29 is 55.4 Å². The third-order valence-electron chi connectivity index (χ3n) is 8.25. The molecule has 0 aliphatic heterocycles. The van der Waals surface area contributed by atoms with Crippen molar-refractivity contribution in [1.29, 1.82) is 0 Å². The summed E-state index contributed by atoms with van der Waals surface area (Å²) in [5, 5.41) is 0.878. The van der Waals surface area contributed by atoms with E-state index in [9.17, 15) is 13.9 Å². The fourth-order valence-electron chi connectivity index (χ4n) is 6.06. The first-order valence-electron chi connectivity index (χ1n) is 16.6. The first-order chi connectivity index (χ1) is 23.7. The van der Waals surface area contributed by atoms with Gasteiger partial charge in [0, 0.05) is 49.1 Å². The summed E-state index contributed by atoms with van der Waals surface area (Å²) < 4.78 is 77.4. The Balaban J connectivity index is 2.43. The first kappa shape index (κ1) is 44.1. The molecule has 0 aliphatic rings. The van der Waals surface area contributed by atoms with Gasteiger partial charge < -0.3 is 46.8 Å². The number of benzene rings is 2. The fourth-order valence-corrected chi connectivity index (χ4v) is 14.2. The minimum atomic E-state index is -4.27. The van der Waals surface area contributed by atoms with Crippen LogP contribution in [0.3, 0.4) is 0 Å². The minimum absolute atomic E-state index is 0.0162. The van der Waals surface area contributed by atoms with Crippen LogP contribution in [0.4, 0.5) is 5.69 Å². The quantitative estimate of drug-likeness (QED) is 0.0619. The van der Waals surface area contributed by atoms with E-state index in [0.717, 1.165) is 24.2 Å². The monoisotopic (exact) mass is 761 g/mol. The average molecular weight is 762 g/mol. The van der Waals surface area contributed by atoms with Gasteiger partial charge >= 0.3 is 15.2 Å². The predicted molar refractivity (Wildman–Crippen MR) is 197 cm³/mol. The Morgan fingerprint density at radius 3 is 1.74 bits per heavy atom. The first-order valence-corrected chi connectivity index (χ1v) is 23.1. The highest BCUT2D eigenvalue weighted by Gasteiger charge is 2.66. The molecule has 0 heterocycles. The molecule has 0 fully saturated rings. The van der Waals surface area contributed by atoms with E-state index in [2.05, 4.69) is 31.3 Å². The molecule has 13 nitrogen and oxygen atoms in total. The number of anilines is 1. The van der Waals surface area contributed by atoms with Gasteiger partial charge in [-0.3, -0.25) is 13.9 Å². The molecule has 0 spiro atoms. The molecular formula is C34H57NO12P2Si. The van der Waals surface area contributed by atoms with E-state index in [4.69, 9.17) is 41.5 Å². The van der Waals surface area contributed by atoms with Crippen LogP contribution in [-0.4, -0.2) is 75.6 Å². The number of nitrogens with one attached hydrogen (secondary N) is 1. The molecule has 0 aromatic heterocycles. The summed E-state index contributed by atoms with van der Waals surface area (Å²) in [5.74, 6) is 1.14. The molecule has 2 unspecified atom stereocenters. The van der Waals surface area contributed by atoms with Gasteiger partial charge in [-0.1, -0.05) is 32.0 Å². The molecule has 0 radical (unpaired) electrons. The number of hydrogen-bond donors (Lipinski definition) is 1. The lowest BCUT2D eigenvalue weighted by atomic mass is 9.78. The van der Waals surface area contributed by atoms with Crippen molar-refractivity contribution in [2.75, 3.05) is 61.6 Å². The summed E-state index contributed by atoms with van der Waals surface area (Å²) in [5.41, 5.74) is 2.68. The molecule has 2 aromatic rings. The summed E-state index contributed by atoms with van der Waals surface area (Å²) in [4.78, 5) is 13.5. The van der Waals surface area contributed by atoms with E-state index in [-0.39, 0.29) is 50.6 Å². The number of amides is 1. The average Bonchev–Trinajstić information content (AvgIpc) is 3.10. The number of hydrogen-bond acceptors (Lipinski definition) is 12. The lowest BCUT2D eigenvalue weighted by Gasteiger charge is -2.43. The zero-order valence-electron chi connectivity index (χ0n) is 31.4. The second-order valence-corrected chi connectivity index (χ2v) is 22.2. The van der Waals surface area contributed by atoms with Crippen LogP contribution in [0, 0.1) is 0 Å². The van der Waals surface area contributed by atoms with Crippen LogP contribution in [0.25, 0.3) is 0 Å². The van der Waals surface area contributed by atoms with Crippen molar-refractivity contribution in [2.45, 2.75) is 82.5 Å². The molecule has 2 rings (SSSR count). The number of ether oxygens (including phenoxy) is 4. The van der Waals surface area contributed by atoms with Gasteiger partial charge in [-0.2, -0.15) is 0 Å². The molecule has 1 amide bonds. The van der Waals surface area contributed by atoms with Gasteiger partial charge in [-0.15, -0.1) is 0 Å².